The summed E-state index contributed by atoms with van der Waals surface area (Å²) in [6, 6.07) is 64.2. The summed E-state index contributed by atoms with van der Waals surface area (Å²) in [5.74, 6) is 0. The second-order valence-corrected chi connectivity index (χ2v) is 32.4. The fourth-order valence-electron chi connectivity index (χ4n) is 13.7. The normalized spacial score (nSPS) is 18.8. The van der Waals surface area contributed by atoms with E-state index >= 15 is 0 Å². The third-order valence-corrected chi connectivity index (χ3v) is 31.2. The molecule has 0 saturated carbocycles. The molecule has 0 nitrogen and oxygen atoms in total. The molecule has 0 unspecified atom stereocenters. The van der Waals surface area contributed by atoms with Crippen molar-refractivity contribution in [3.63, 3.8) is 0 Å². The van der Waals surface area contributed by atoms with Crippen LogP contribution in [0, 0.1) is 0 Å². The van der Waals surface area contributed by atoms with Gasteiger partial charge in [-0.05, 0) is 17.3 Å². The molecule has 2 saturated heterocycles. The van der Waals surface area contributed by atoms with Gasteiger partial charge in [-0.3, -0.25) is 0 Å². The summed E-state index contributed by atoms with van der Waals surface area (Å²) in [4.78, 5) is 0. The molecule has 57 heavy (non-hydrogen) atoms. The predicted molar refractivity (Wildman–Crippen MR) is 255 cm³/mol. The Bertz CT molecular complexity index is 3060. The Hall–Kier alpha value is -5.07. The minimum atomic E-state index is -2.08. The summed E-state index contributed by atoms with van der Waals surface area (Å²) in [6.45, 7) is 5.15. The van der Waals surface area contributed by atoms with Crippen LogP contribution < -0.4 is 31.1 Å². The molecule has 3 heteroatoms. The van der Waals surface area contributed by atoms with Gasteiger partial charge in [0.15, 0.2) is 0 Å². The van der Waals surface area contributed by atoms with Gasteiger partial charge in [0.1, 0.15) is 8.07 Å². The van der Waals surface area contributed by atoms with Gasteiger partial charge < -0.3 is 0 Å². The van der Waals surface area contributed by atoms with Crippen LogP contribution in [-0.4, -0.2) is 24.2 Å². The third kappa shape index (κ3) is 4.17. The molecule has 0 aliphatic carbocycles. The van der Waals surface area contributed by atoms with Crippen molar-refractivity contribution in [2.24, 2.45) is 0 Å². The van der Waals surface area contributed by atoms with Gasteiger partial charge in [-0.15, -0.1) is 0 Å². The fourth-order valence-corrected chi connectivity index (χ4v) is 28.8. The second-order valence-electron chi connectivity index (χ2n) is 18.9. The molecule has 2 fully saturated rings. The van der Waals surface area contributed by atoms with Crippen LogP contribution in [0.3, 0.4) is 0 Å². The first-order valence-corrected chi connectivity index (χ1v) is 30.0. The van der Waals surface area contributed by atoms with E-state index < -0.39 is 24.2 Å². The molecule has 5 heterocycles. The number of hydrogen-bond donors (Lipinski definition) is 0. The van der Waals surface area contributed by atoms with Crippen LogP contribution in [-0.2, 0) is 0 Å². The summed E-state index contributed by atoms with van der Waals surface area (Å²) in [7, 11) is -5.71. The average Bonchev–Trinajstić information content (AvgIpc) is 4.09. The van der Waals surface area contributed by atoms with Crippen molar-refractivity contribution in [3.8, 4) is 55.6 Å². The van der Waals surface area contributed by atoms with E-state index in [1.54, 1.807) is 31.1 Å². The molecular formula is C54H47Si3-. The maximum atomic E-state index is 2.68. The monoisotopic (exact) mass is 779 g/mol. The van der Waals surface area contributed by atoms with Crippen LogP contribution in [0.4, 0.5) is 0 Å². The van der Waals surface area contributed by atoms with E-state index in [1.807, 2.05) is 0 Å². The Morgan fingerprint density at radius 3 is 1.65 bits per heavy atom. The summed E-state index contributed by atoms with van der Waals surface area (Å²) in [5, 5.41) is 15.6. The van der Waals surface area contributed by atoms with E-state index in [9.17, 15) is 0 Å². The molecule has 276 valence electrons. The SMILES string of the molecule is C[Si]1(C)c2ccccc2-c2cc3c(-c4ccc5c(c4)-c4ccccc4[SiH-]54CCCC4)c4ccccc4c(-c4ccc5c(c4)-c4ccccc4[Si]54CCCC4)c3cc21. The van der Waals surface area contributed by atoms with Gasteiger partial charge >= 0.3 is 279 Å². The van der Waals surface area contributed by atoms with Crippen molar-refractivity contribution in [2.75, 3.05) is 0 Å². The first kappa shape index (κ1) is 33.0. The Morgan fingerprint density at radius 2 is 0.912 bits per heavy atom. The topological polar surface area (TPSA) is 0 Å². The molecule has 5 aliphatic rings. The summed E-state index contributed by atoms with van der Waals surface area (Å²) in [6.07, 6.45) is 5.54. The van der Waals surface area contributed by atoms with E-state index in [2.05, 4.69) is 159 Å². The van der Waals surface area contributed by atoms with Crippen molar-refractivity contribution < 1.29 is 0 Å². The Balaban J connectivity index is 1.13. The van der Waals surface area contributed by atoms with Gasteiger partial charge in [0.25, 0.3) is 0 Å². The first-order chi connectivity index (χ1) is 28.0. The van der Waals surface area contributed by atoms with E-state index in [4.69, 9.17) is 0 Å². The van der Waals surface area contributed by atoms with E-state index in [-0.39, 0.29) is 0 Å². The molecule has 0 amide bonds. The average molecular weight is 780 g/mol. The van der Waals surface area contributed by atoms with Crippen LogP contribution in [0.2, 0.25) is 37.3 Å². The number of rotatable bonds is 2. The van der Waals surface area contributed by atoms with Crippen molar-refractivity contribution >= 4 is 76.9 Å². The molecule has 0 N–H and O–H groups in total. The Morgan fingerprint density at radius 1 is 0.386 bits per heavy atom. The molecule has 5 aliphatic heterocycles. The predicted octanol–water partition coefficient (Wildman–Crippen LogP) is 10.5. The van der Waals surface area contributed by atoms with Gasteiger partial charge in [-0.1, -0.05) is 37.1 Å². The summed E-state index contributed by atoms with van der Waals surface area (Å²) in [5.41, 5.74) is 14.5. The van der Waals surface area contributed by atoms with Crippen molar-refractivity contribution in [2.45, 2.75) is 63.0 Å². The van der Waals surface area contributed by atoms with E-state index in [0.29, 0.717) is 0 Å². The van der Waals surface area contributed by atoms with Crippen LogP contribution in [0.5, 0.6) is 0 Å². The summed E-state index contributed by atoms with van der Waals surface area (Å²) < 4.78 is 0. The number of fused-ring (bicyclic) bond motifs is 15. The molecular weight excluding hydrogens is 733 g/mol. The van der Waals surface area contributed by atoms with Crippen LogP contribution in [0.25, 0.3) is 77.2 Å². The molecule has 0 radical (unpaired) electrons. The molecule has 13 rings (SSSR count). The van der Waals surface area contributed by atoms with Crippen LogP contribution in [0.1, 0.15) is 25.7 Å². The molecule has 0 aromatic heterocycles. The van der Waals surface area contributed by atoms with E-state index in [0.717, 1.165) is 0 Å². The van der Waals surface area contributed by atoms with Crippen molar-refractivity contribution in [3.05, 3.63) is 146 Å². The standard InChI is InChI=1S/C54H47Si3/c1-55(2)47-20-8-5-15-37(47)44-33-45-46(34-52(44)55)54(36-24-26-51-43(32-36)39-17-7-10-22-49(39)57(51)29-13-14-30-57)41-19-4-3-18-40(41)53(45)35-23-25-50-42(31-35)38-16-6-9-21-48(38)56(50)27-11-12-28-56/h3-10,15-26,31-34,56H,11-14,27-30H2,1-2H3/q-1. The third-order valence-electron chi connectivity index (χ3n) is 16.2. The van der Waals surface area contributed by atoms with Crippen molar-refractivity contribution in [1.29, 1.82) is 0 Å². The maximum absolute atomic E-state index is 2.68. The Labute approximate surface area is 339 Å². The quantitative estimate of drug-likeness (QED) is 0.121. The van der Waals surface area contributed by atoms with Gasteiger partial charge in [0.2, 0.25) is 0 Å². The van der Waals surface area contributed by atoms with Gasteiger partial charge in [-0.25, -0.2) is 0 Å². The first-order valence-electron chi connectivity index (χ1n) is 21.8. The molecule has 8 aromatic carbocycles. The zero-order chi connectivity index (χ0) is 37.7. The van der Waals surface area contributed by atoms with Crippen LogP contribution in [0.15, 0.2) is 146 Å². The van der Waals surface area contributed by atoms with E-state index in [1.165, 1.54) is 127 Å². The van der Waals surface area contributed by atoms with Gasteiger partial charge in [0.05, 0.1) is 0 Å². The minimum absolute atomic E-state index is 1.37. The fraction of sp³-hybridized carbons (Fsp3) is 0.185. The zero-order valence-electron chi connectivity index (χ0n) is 33.1. The van der Waals surface area contributed by atoms with Crippen LogP contribution >= 0.6 is 0 Å². The van der Waals surface area contributed by atoms with Gasteiger partial charge in [-0.2, -0.15) is 0 Å². The second kappa shape index (κ2) is 11.5. The summed E-state index contributed by atoms with van der Waals surface area (Å²) >= 11 is 0. The molecule has 8 aromatic rings. The number of hydrogen-bond acceptors (Lipinski definition) is 0. The molecule has 0 bridgehead atoms. The van der Waals surface area contributed by atoms with Gasteiger partial charge in [0, 0.05) is 0 Å². The zero-order valence-corrected chi connectivity index (χ0v) is 36.2. The molecule has 0 atom stereocenters. The van der Waals surface area contributed by atoms with Crippen molar-refractivity contribution in [1.82, 2.24) is 0 Å². The number of benzene rings is 8. The molecule has 2 spiro atoms. The Kier molecular flexibility index (Phi) is 6.67.